The second kappa shape index (κ2) is 6.69. The van der Waals surface area contributed by atoms with Gasteiger partial charge in [0.2, 0.25) is 5.91 Å². The summed E-state index contributed by atoms with van der Waals surface area (Å²) in [5.74, 6) is 1.14. The van der Waals surface area contributed by atoms with Crippen molar-refractivity contribution in [1.82, 2.24) is 5.32 Å². The number of amides is 1. The first-order valence-electron chi connectivity index (χ1n) is 8.37. The van der Waals surface area contributed by atoms with Gasteiger partial charge in [-0.2, -0.15) is 0 Å². The van der Waals surface area contributed by atoms with Gasteiger partial charge < -0.3 is 15.2 Å². The summed E-state index contributed by atoms with van der Waals surface area (Å²) in [6.07, 6.45) is 6.24. The third-order valence-electron chi connectivity index (χ3n) is 4.91. The van der Waals surface area contributed by atoms with Gasteiger partial charge in [0.15, 0.2) is 0 Å². The van der Waals surface area contributed by atoms with Crippen LogP contribution in [-0.4, -0.2) is 29.8 Å². The fourth-order valence-electron chi connectivity index (χ4n) is 3.57. The molecule has 4 heteroatoms. The van der Waals surface area contributed by atoms with Crippen molar-refractivity contribution in [2.75, 3.05) is 13.2 Å². The minimum absolute atomic E-state index is 0.0284. The number of fused-ring (bicyclic) bond motifs is 1. The molecule has 0 radical (unpaired) electrons. The van der Waals surface area contributed by atoms with Gasteiger partial charge in [-0.25, -0.2) is 0 Å². The van der Waals surface area contributed by atoms with Crippen LogP contribution >= 0.6 is 0 Å². The quantitative estimate of drug-likeness (QED) is 0.899. The van der Waals surface area contributed by atoms with Crippen molar-refractivity contribution in [1.29, 1.82) is 0 Å². The van der Waals surface area contributed by atoms with E-state index in [1.165, 1.54) is 6.42 Å². The van der Waals surface area contributed by atoms with Crippen molar-refractivity contribution < 1.29 is 14.6 Å². The van der Waals surface area contributed by atoms with Gasteiger partial charge >= 0.3 is 0 Å². The molecule has 2 N–H and O–H groups in total. The second-order valence-electron chi connectivity index (χ2n) is 6.64. The number of rotatable bonds is 4. The van der Waals surface area contributed by atoms with E-state index in [0.717, 1.165) is 43.4 Å². The Morgan fingerprint density at radius 2 is 2.05 bits per heavy atom. The number of carbonyl (C=O) groups is 1. The zero-order valence-corrected chi connectivity index (χ0v) is 13.0. The number of carbonyl (C=O) groups excluding carboxylic acids is 1. The Bertz CT molecular complexity index is 523. The van der Waals surface area contributed by atoms with Gasteiger partial charge in [0.05, 0.1) is 12.2 Å². The van der Waals surface area contributed by atoms with Crippen LogP contribution in [0, 0.1) is 0 Å². The highest BCUT2D eigenvalue weighted by Gasteiger charge is 2.30. The Kier molecular flexibility index (Phi) is 4.67. The van der Waals surface area contributed by atoms with E-state index in [1.807, 2.05) is 24.3 Å². The van der Waals surface area contributed by atoms with E-state index in [1.54, 1.807) is 0 Å². The summed E-state index contributed by atoms with van der Waals surface area (Å²) in [5, 5.41) is 13.4. The number of hydrogen-bond donors (Lipinski definition) is 2. The van der Waals surface area contributed by atoms with E-state index in [-0.39, 0.29) is 11.8 Å². The average Bonchev–Trinajstić information content (AvgIpc) is 2.54. The molecule has 1 saturated carbocycles. The number of hydrogen-bond acceptors (Lipinski definition) is 3. The zero-order chi connectivity index (χ0) is 15.4. The number of para-hydroxylation sites is 1. The van der Waals surface area contributed by atoms with Gasteiger partial charge in [-0.1, -0.05) is 37.5 Å². The summed E-state index contributed by atoms with van der Waals surface area (Å²) in [7, 11) is 0. The molecule has 1 aliphatic heterocycles. The Labute approximate surface area is 131 Å². The molecule has 4 nitrogen and oxygen atoms in total. The van der Waals surface area contributed by atoms with Crippen molar-refractivity contribution in [2.24, 2.45) is 0 Å². The molecular weight excluding hydrogens is 278 g/mol. The minimum atomic E-state index is -0.693. The molecule has 2 aliphatic rings. The molecule has 0 saturated heterocycles. The second-order valence-corrected chi connectivity index (χ2v) is 6.64. The Balaban J connectivity index is 1.54. The zero-order valence-electron chi connectivity index (χ0n) is 13.0. The molecule has 120 valence electrons. The van der Waals surface area contributed by atoms with Crippen molar-refractivity contribution in [2.45, 2.75) is 56.5 Å². The van der Waals surface area contributed by atoms with Crippen molar-refractivity contribution >= 4 is 5.91 Å². The maximum atomic E-state index is 12.2. The first kappa shape index (κ1) is 15.3. The summed E-state index contributed by atoms with van der Waals surface area (Å²) in [4.78, 5) is 12.2. The fourth-order valence-corrected chi connectivity index (χ4v) is 3.57. The first-order valence-corrected chi connectivity index (χ1v) is 8.37. The SMILES string of the molecule is O=C(CC1CCOc2ccccc21)NCC1(O)CCCCC1. The van der Waals surface area contributed by atoms with Crippen molar-refractivity contribution in [3.8, 4) is 5.75 Å². The van der Waals surface area contributed by atoms with Crippen LogP contribution in [0.15, 0.2) is 24.3 Å². The average molecular weight is 303 g/mol. The molecule has 1 amide bonds. The lowest BCUT2D eigenvalue weighted by molar-refractivity contribution is -0.123. The Morgan fingerprint density at radius 3 is 2.86 bits per heavy atom. The van der Waals surface area contributed by atoms with E-state index in [2.05, 4.69) is 5.32 Å². The van der Waals surface area contributed by atoms with Crippen LogP contribution in [0.3, 0.4) is 0 Å². The number of nitrogens with one attached hydrogen (secondary N) is 1. The smallest absolute Gasteiger partial charge is 0.220 e. The molecule has 1 aromatic carbocycles. The van der Waals surface area contributed by atoms with E-state index in [4.69, 9.17) is 4.74 Å². The molecule has 0 aromatic heterocycles. The van der Waals surface area contributed by atoms with Gasteiger partial charge in [-0.05, 0) is 36.8 Å². The molecule has 0 spiro atoms. The molecule has 1 unspecified atom stereocenters. The maximum Gasteiger partial charge on any atom is 0.220 e. The normalized spacial score (nSPS) is 23.2. The predicted molar refractivity (Wildman–Crippen MR) is 85.0 cm³/mol. The summed E-state index contributed by atoms with van der Waals surface area (Å²) >= 11 is 0. The lowest BCUT2D eigenvalue weighted by Crippen LogP contribution is -2.44. The molecule has 1 aromatic rings. The highest BCUT2D eigenvalue weighted by molar-refractivity contribution is 5.77. The van der Waals surface area contributed by atoms with Gasteiger partial charge in [0.25, 0.3) is 0 Å². The Hall–Kier alpha value is -1.55. The van der Waals surface area contributed by atoms with Gasteiger partial charge in [-0.15, -0.1) is 0 Å². The molecule has 1 aliphatic carbocycles. The summed E-state index contributed by atoms with van der Waals surface area (Å²) in [5.41, 5.74) is 0.432. The van der Waals surface area contributed by atoms with E-state index >= 15 is 0 Å². The molecular formula is C18H25NO3. The topological polar surface area (TPSA) is 58.6 Å². The van der Waals surface area contributed by atoms with Gasteiger partial charge in [-0.3, -0.25) is 4.79 Å². The van der Waals surface area contributed by atoms with Gasteiger partial charge in [0, 0.05) is 13.0 Å². The van der Waals surface area contributed by atoms with Gasteiger partial charge in [0.1, 0.15) is 5.75 Å². The van der Waals surface area contributed by atoms with Crippen LogP contribution in [0.2, 0.25) is 0 Å². The Morgan fingerprint density at radius 1 is 1.27 bits per heavy atom. The van der Waals surface area contributed by atoms with Crippen molar-refractivity contribution in [3.05, 3.63) is 29.8 Å². The lowest BCUT2D eigenvalue weighted by atomic mass is 9.84. The summed E-state index contributed by atoms with van der Waals surface area (Å²) in [6.45, 7) is 1.05. The molecule has 3 rings (SSSR count). The van der Waals surface area contributed by atoms with Crippen LogP contribution in [0.1, 0.15) is 56.4 Å². The van der Waals surface area contributed by atoms with E-state index in [0.29, 0.717) is 19.6 Å². The third kappa shape index (κ3) is 3.61. The monoisotopic (exact) mass is 303 g/mol. The van der Waals surface area contributed by atoms with Crippen LogP contribution in [0.5, 0.6) is 5.75 Å². The highest BCUT2D eigenvalue weighted by Crippen LogP contribution is 2.35. The van der Waals surface area contributed by atoms with Crippen LogP contribution in [-0.2, 0) is 4.79 Å². The third-order valence-corrected chi connectivity index (χ3v) is 4.91. The van der Waals surface area contributed by atoms with Crippen LogP contribution in [0.25, 0.3) is 0 Å². The fraction of sp³-hybridized carbons (Fsp3) is 0.611. The molecule has 0 bridgehead atoms. The van der Waals surface area contributed by atoms with E-state index < -0.39 is 5.60 Å². The first-order chi connectivity index (χ1) is 10.7. The predicted octanol–water partition coefficient (Wildman–Crippen LogP) is 2.75. The molecule has 1 atom stereocenters. The van der Waals surface area contributed by atoms with Crippen molar-refractivity contribution in [3.63, 3.8) is 0 Å². The molecule has 1 fully saturated rings. The molecule has 1 heterocycles. The summed E-state index contributed by atoms with van der Waals surface area (Å²) in [6, 6.07) is 7.95. The largest absolute Gasteiger partial charge is 0.493 e. The van der Waals surface area contributed by atoms with Crippen LogP contribution < -0.4 is 10.1 Å². The maximum absolute atomic E-state index is 12.2. The number of benzene rings is 1. The standard InChI is InChI=1S/C18H25NO3/c20-17(19-13-18(21)9-4-1-5-10-18)12-14-8-11-22-16-7-3-2-6-15(14)16/h2-3,6-7,14,21H,1,4-5,8-13H2,(H,19,20). The highest BCUT2D eigenvalue weighted by atomic mass is 16.5. The van der Waals surface area contributed by atoms with E-state index in [9.17, 15) is 9.90 Å². The minimum Gasteiger partial charge on any atom is -0.493 e. The molecule has 22 heavy (non-hydrogen) atoms. The van der Waals surface area contributed by atoms with Crippen LogP contribution in [0.4, 0.5) is 0 Å². The lowest BCUT2D eigenvalue weighted by Gasteiger charge is -2.32. The summed E-state index contributed by atoms with van der Waals surface area (Å²) < 4.78 is 5.63. The number of aliphatic hydroxyl groups is 1. The number of ether oxygens (including phenoxy) is 1.